The van der Waals surface area contributed by atoms with Crippen LogP contribution in [-0.4, -0.2) is 77.0 Å². The SMILES string of the molecule is CC(C)[C@H](NC(=O)[C@@H]1C[C@@H](SCCc2ccccc2)CN1C(=O)[C@@H](CC1CCCCC1)NC(=O)c1ccc2ccccc2c1)B1O[C@@H]2C[C@@H]3C[C@@H](C3(C)C)[C@]2(C)O1. The highest BCUT2D eigenvalue weighted by atomic mass is 32.2. The number of aryl methyl sites for hydroxylation is 1. The minimum Gasteiger partial charge on any atom is -0.404 e. The molecule has 10 heteroatoms. The molecular formula is C47H62BN3O5S. The lowest BCUT2D eigenvalue weighted by atomic mass is 9.43. The van der Waals surface area contributed by atoms with Crippen molar-refractivity contribution in [1.82, 2.24) is 15.5 Å². The van der Waals surface area contributed by atoms with E-state index in [0.717, 1.165) is 61.5 Å². The zero-order chi connectivity index (χ0) is 39.9. The number of thioether (sulfide) groups is 1. The first-order valence-corrected chi connectivity index (χ1v) is 22.8. The molecule has 6 aliphatic rings. The van der Waals surface area contributed by atoms with Gasteiger partial charge in [-0.05, 0) is 102 Å². The Hall–Kier alpha value is -3.34. The summed E-state index contributed by atoms with van der Waals surface area (Å²) in [7, 11) is -0.555. The summed E-state index contributed by atoms with van der Waals surface area (Å²) in [4.78, 5) is 45.5. The first-order chi connectivity index (χ1) is 27.4. The quantitative estimate of drug-likeness (QED) is 0.169. The van der Waals surface area contributed by atoms with Crippen LogP contribution in [0.1, 0.15) is 108 Å². The summed E-state index contributed by atoms with van der Waals surface area (Å²) in [6.45, 7) is 11.6. The van der Waals surface area contributed by atoms with Crippen molar-refractivity contribution in [3.05, 3.63) is 83.9 Å². The standard InChI is InChI=1S/C47H62BN3O5S/c1-30(2)42(48-55-41-27-36-26-40(46(36,3)4)47(41,5)56-48)50-44(53)39-28-37(57-23-22-31-14-8-6-9-15-31)29-51(39)45(54)38(24-32-16-10-7-11-17-32)49-43(52)35-21-20-33-18-12-13-19-34(33)25-35/h6,8-9,12-15,18-21,25,30,32,36-42H,7,10-11,16-17,22-24,26-29H2,1-5H3,(H,49,52)(H,50,53)/t36-,37+,38+,39-,40-,41+,42-,47-/m0/s1. The summed E-state index contributed by atoms with van der Waals surface area (Å²) in [5.41, 5.74) is 1.65. The van der Waals surface area contributed by atoms with E-state index < -0.39 is 19.2 Å². The van der Waals surface area contributed by atoms with Crippen molar-refractivity contribution in [2.24, 2.45) is 29.1 Å². The van der Waals surface area contributed by atoms with E-state index in [-0.39, 0.29) is 52.0 Å². The predicted octanol–water partition coefficient (Wildman–Crippen LogP) is 8.26. The Morgan fingerprint density at radius 1 is 0.895 bits per heavy atom. The second-order valence-electron chi connectivity index (χ2n) is 18.9. The van der Waals surface area contributed by atoms with E-state index in [2.05, 4.69) is 69.5 Å². The van der Waals surface area contributed by atoms with E-state index in [4.69, 9.17) is 9.31 Å². The van der Waals surface area contributed by atoms with Gasteiger partial charge in [0.1, 0.15) is 12.1 Å². The highest BCUT2D eigenvalue weighted by Crippen LogP contribution is 2.65. The molecule has 6 fully saturated rings. The second-order valence-corrected chi connectivity index (χ2v) is 20.3. The van der Waals surface area contributed by atoms with Gasteiger partial charge in [-0.3, -0.25) is 14.4 Å². The second kappa shape index (κ2) is 16.7. The van der Waals surface area contributed by atoms with Gasteiger partial charge in [0.25, 0.3) is 5.91 Å². The van der Waals surface area contributed by atoms with E-state index in [9.17, 15) is 9.59 Å². The number of benzene rings is 3. The number of hydrogen-bond acceptors (Lipinski definition) is 6. The van der Waals surface area contributed by atoms with Crippen LogP contribution in [-0.2, 0) is 25.3 Å². The van der Waals surface area contributed by atoms with Crippen LogP contribution in [0.25, 0.3) is 10.8 Å². The molecule has 0 spiro atoms. The zero-order valence-corrected chi connectivity index (χ0v) is 35.4. The largest absolute Gasteiger partial charge is 0.481 e. The van der Waals surface area contributed by atoms with Crippen LogP contribution in [0, 0.1) is 29.1 Å². The molecule has 2 heterocycles. The molecule has 4 aliphatic carbocycles. The average molecular weight is 792 g/mol. The molecule has 2 aliphatic heterocycles. The van der Waals surface area contributed by atoms with Crippen LogP contribution in [0.2, 0.25) is 0 Å². The maximum atomic E-state index is 15.0. The summed E-state index contributed by atoms with van der Waals surface area (Å²) < 4.78 is 13.6. The van der Waals surface area contributed by atoms with Gasteiger partial charge in [0.2, 0.25) is 11.8 Å². The van der Waals surface area contributed by atoms with Crippen LogP contribution in [0.15, 0.2) is 72.8 Å². The summed E-state index contributed by atoms with van der Waals surface area (Å²) >= 11 is 1.84. The molecule has 3 aromatic carbocycles. The number of fused-ring (bicyclic) bond motifs is 1. The predicted molar refractivity (Wildman–Crippen MR) is 230 cm³/mol. The molecule has 304 valence electrons. The Kier molecular flexibility index (Phi) is 11.9. The van der Waals surface area contributed by atoms with Crippen molar-refractivity contribution < 1.29 is 23.7 Å². The molecule has 2 saturated heterocycles. The molecule has 3 amide bonds. The maximum absolute atomic E-state index is 15.0. The highest BCUT2D eigenvalue weighted by Gasteiger charge is 2.68. The molecule has 0 unspecified atom stereocenters. The Morgan fingerprint density at radius 2 is 1.63 bits per heavy atom. The van der Waals surface area contributed by atoms with Crippen LogP contribution >= 0.6 is 11.8 Å². The summed E-state index contributed by atoms with van der Waals surface area (Å²) in [5.74, 6) is 1.40. The van der Waals surface area contributed by atoms with Crippen LogP contribution in [0.5, 0.6) is 0 Å². The van der Waals surface area contributed by atoms with Crippen LogP contribution in [0.3, 0.4) is 0 Å². The number of carbonyl (C=O) groups excluding carboxylic acids is 3. The van der Waals surface area contributed by atoms with Crippen LogP contribution in [0.4, 0.5) is 0 Å². The molecule has 0 aromatic heterocycles. The molecule has 4 saturated carbocycles. The fraction of sp³-hybridized carbons (Fsp3) is 0.596. The van der Waals surface area contributed by atoms with Crippen molar-refractivity contribution in [3.8, 4) is 0 Å². The lowest BCUT2D eigenvalue weighted by Crippen LogP contribution is -2.65. The lowest BCUT2D eigenvalue weighted by molar-refractivity contribution is -0.199. The van der Waals surface area contributed by atoms with Gasteiger partial charge in [0, 0.05) is 17.4 Å². The molecule has 3 aromatic rings. The fourth-order valence-corrected chi connectivity index (χ4v) is 12.3. The molecule has 2 N–H and O–H groups in total. The van der Waals surface area contributed by atoms with E-state index in [1.54, 1.807) is 4.90 Å². The Morgan fingerprint density at radius 3 is 2.37 bits per heavy atom. The molecule has 0 radical (unpaired) electrons. The van der Waals surface area contributed by atoms with Crippen molar-refractivity contribution in [1.29, 1.82) is 0 Å². The molecular weight excluding hydrogens is 729 g/mol. The topological polar surface area (TPSA) is 97.0 Å². The maximum Gasteiger partial charge on any atom is 0.481 e. The first-order valence-electron chi connectivity index (χ1n) is 21.8. The number of amides is 3. The average Bonchev–Trinajstić information content (AvgIpc) is 3.80. The van der Waals surface area contributed by atoms with Gasteiger partial charge >= 0.3 is 7.12 Å². The number of carbonyl (C=O) groups is 3. The minimum atomic E-state index is -0.726. The van der Waals surface area contributed by atoms with Gasteiger partial charge in [-0.25, -0.2) is 0 Å². The Bertz CT molecular complexity index is 1920. The van der Waals surface area contributed by atoms with Gasteiger partial charge < -0.3 is 24.8 Å². The third-order valence-corrected chi connectivity index (χ3v) is 15.9. The Labute approximate surface area is 344 Å². The number of likely N-dealkylation sites (tertiary alicyclic amines) is 1. The van der Waals surface area contributed by atoms with E-state index in [1.807, 2.05) is 60.3 Å². The summed E-state index contributed by atoms with van der Waals surface area (Å²) in [6, 6.07) is 22.8. The third-order valence-electron chi connectivity index (χ3n) is 14.6. The van der Waals surface area contributed by atoms with Crippen LogP contribution < -0.4 is 10.6 Å². The molecule has 57 heavy (non-hydrogen) atoms. The normalized spacial score (nSPS) is 29.1. The summed E-state index contributed by atoms with van der Waals surface area (Å²) in [5, 5.41) is 8.73. The summed E-state index contributed by atoms with van der Waals surface area (Å²) in [6.07, 6.45) is 9.79. The van der Waals surface area contributed by atoms with Gasteiger partial charge in [-0.2, -0.15) is 11.8 Å². The molecule has 9 rings (SSSR count). The monoisotopic (exact) mass is 791 g/mol. The third kappa shape index (κ3) is 8.29. The van der Waals surface area contributed by atoms with E-state index >= 15 is 4.79 Å². The van der Waals surface area contributed by atoms with Gasteiger partial charge in [-0.15, -0.1) is 0 Å². The van der Waals surface area contributed by atoms with E-state index in [0.29, 0.717) is 42.7 Å². The first kappa shape index (κ1) is 40.4. The fourth-order valence-electron chi connectivity index (χ4n) is 11.0. The minimum absolute atomic E-state index is 0.0131. The zero-order valence-electron chi connectivity index (χ0n) is 34.6. The van der Waals surface area contributed by atoms with Crippen molar-refractivity contribution in [2.75, 3.05) is 12.3 Å². The van der Waals surface area contributed by atoms with Gasteiger partial charge in [0.15, 0.2) is 0 Å². The number of rotatable bonds is 13. The highest BCUT2D eigenvalue weighted by molar-refractivity contribution is 7.99. The van der Waals surface area contributed by atoms with E-state index in [1.165, 1.54) is 12.0 Å². The van der Waals surface area contributed by atoms with Crippen molar-refractivity contribution >= 4 is 47.4 Å². The molecule has 8 nitrogen and oxygen atoms in total. The van der Waals surface area contributed by atoms with Gasteiger partial charge in [0.05, 0.1) is 17.6 Å². The molecule has 8 atom stereocenters. The number of nitrogens with one attached hydrogen (secondary N) is 2. The van der Waals surface area contributed by atoms with Crippen molar-refractivity contribution in [2.45, 2.75) is 134 Å². The van der Waals surface area contributed by atoms with Crippen molar-refractivity contribution in [3.63, 3.8) is 0 Å². The number of nitrogens with zero attached hydrogens (tertiary/aromatic N) is 1. The lowest BCUT2D eigenvalue weighted by Gasteiger charge is -2.64. The Balaban J connectivity index is 1.02. The number of hydrogen-bond donors (Lipinski definition) is 2. The smallest absolute Gasteiger partial charge is 0.404 e. The van der Waals surface area contributed by atoms with Gasteiger partial charge in [-0.1, -0.05) is 120 Å². The molecule has 2 bridgehead atoms.